The number of carbonyl (C=O) groups excluding carboxylic acids is 1. The van der Waals surface area contributed by atoms with Crippen molar-refractivity contribution < 1.29 is 14.3 Å². The summed E-state index contributed by atoms with van der Waals surface area (Å²) in [4.78, 5) is 11.8. The fourth-order valence-electron chi connectivity index (χ4n) is 2.22. The second kappa shape index (κ2) is 5.14. The molecule has 0 aromatic heterocycles. The summed E-state index contributed by atoms with van der Waals surface area (Å²) >= 11 is 0. The molecular weight excluding hydrogens is 220 g/mol. The first-order valence-electron chi connectivity index (χ1n) is 6.23. The molecule has 5 nitrogen and oxygen atoms in total. The Morgan fingerprint density at radius 1 is 1.65 bits per heavy atom. The van der Waals surface area contributed by atoms with Crippen molar-refractivity contribution in [2.24, 2.45) is 5.41 Å². The van der Waals surface area contributed by atoms with Gasteiger partial charge in [0.25, 0.3) is 0 Å². The van der Waals surface area contributed by atoms with E-state index in [2.05, 4.69) is 12.2 Å². The van der Waals surface area contributed by atoms with Crippen LogP contribution in [0.15, 0.2) is 0 Å². The summed E-state index contributed by atoms with van der Waals surface area (Å²) < 4.78 is 10.4. The van der Waals surface area contributed by atoms with Gasteiger partial charge in [-0.15, -0.1) is 0 Å². The van der Waals surface area contributed by atoms with Crippen LogP contribution >= 0.6 is 0 Å². The van der Waals surface area contributed by atoms with Crippen molar-refractivity contribution in [3.05, 3.63) is 0 Å². The Labute approximate surface area is 101 Å². The van der Waals surface area contributed by atoms with Crippen LogP contribution in [0, 0.1) is 10.8 Å². The number of rotatable bonds is 4. The van der Waals surface area contributed by atoms with Crippen LogP contribution in [-0.2, 0) is 14.3 Å². The zero-order valence-electron chi connectivity index (χ0n) is 10.3. The average Bonchev–Trinajstić information content (AvgIpc) is 2.27. The van der Waals surface area contributed by atoms with Gasteiger partial charge in [-0.25, -0.2) is 0 Å². The molecule has 2 rings (SSSR count). The Balaban J connectivity index is 1.85. The quantitative estimate of drug-likeness (QED) is 0.561. The lowest BCUT2D eigenvalue weighted by Crippen LogP contribution is -2.61. The topological polar surface area (TPSA) is 71.4 Å². The van der Waals surface area contributed by atoms with Crippen LogP contribution in [0.5, 0.6) is 0 Å². The second-order valence-electron chi connectivity index (χ2n) is 4.91. The van der Waals surface area contributed by atoms with Crippen LogP contribution in [0.1, 0.15) is 26.2 Å². The van der Waals surface area contributed by atoms with E-state index in [1.165, 1.54) is 0 Å². The van der Waals surface area contributed by atoms with E-state index in [0.717, 1.165) is 12.8 Å². The maximum Gasteiger partial charge on any atom is 0.323 e. The van der Waals surface area contributed by atoms with Crippen LogP contribution in [0.4, 0.5) is 0 Å². The van der Waals surface area contributed by atoms with Crippen molar-refractivity contribution in [2.45, 2.75) is 32.2 Å². The van der Waals surface area contributed by atoms with Crippen molar-refractivity contribution in [1.82, 2.24) is 5.32 Å². The summed E-state index contributed by atoms with van der Waals surface area (Å²) in [5.41, 5.74) is 0.459. The number of carbonyl (C=O) groups is 1. The van der Waals surface area contributed by atoms with Crippen molar-refractivity contribution in [1.29, 1.82) is 5.41 Å². The molecule has 1 spiro atoms. The Bertz CT molecular complexity index is 313. The average molecular weight is 240 g/mol. The largest absolute Gasteiger partial charge is 0.465 e. The van der Waals surface area contributed by atoms with E-state index in [4.69, 9.17) is 14.9 Å². The maximum absolute atomic E-state index is 11.8. The normalized spacial score (nSPS) is 26.6. The lowest BCUT2D eigenvalue weighted by atomic mass is 9.73. The van der Waals surface area contributed by atoms with Crippen molar-refractivity contribution in [2.75, 3.05) is 26.4 Å². The fourth-order valence-corrected chi connectivity index (χ4v) is 2.22. The molecule has 0 unspecified atom stereocenters. The van der Waals surface area contributed by atoms with Gasteiger partial charge in [-0.05, 0) is 12.8 Å². The minimum Gasteiger partial charge on any atom is -0.465 e. The smallest absolute Gasteiger partial charge is 0.323 e. The molecule has 2 aliphatic rings. The molecular formula is C12H20N2O3. The van der Waals surface area contributed by atoms with E-state index in [1.807, 2.05) is 0 Å². The summed E-state index contributed by atoms with van der Waals surface area (Å²) in [7, 11) is 0. The molecule has 2 aliphatic heterocycles. The minimum atomic E-state index is -0.273. The predicted molar refractivity (Wildman–Crippen MR) is 63.3 cm³/mol. The summed E-state index contributed by atoms with van der Waals surface area (Å²) in [5.74, 6) is -0.183. The molecule has 2 N–H and O–H groups in total. The zero-order chi connectivity index (χ0) is 12.3. The van der Waals surface area contributed by atoms with Crippen LogP contribution in [0.3, 0.4) is 0 Å². The van der Waals surface area contributed by atoms with Gasteiger partial charge in [-0.1, -0.05) is 13.3 Å². The number of piperidine rings is 1. The first kappa shape index (κ1) is 12.5. The Morgan fingerprint density at radius 2 is 2.41 bits per heavy atom. The standard InChI is InChI=1S/C12H20N2O3/c1-2-3-4-17-11(15)9-5-12(7-16-8-12)10(13)6-14-9/h9,13-14H,2-8H2,1H3/t9-/m0/s1. The van der Waals surface area contributed by atoms with Gasteiger partial charge in [0.15, 0.2) is 0 Å². The molecule has 0 aliphatic carbocycles. The molecule has 17 heavy (non-hydrogen) atoms. The van der Waals surface area contributed by atoms with Gasteiger partial charge in [-0.2, -0.15) is 0 Å². The summed E-state index contributed by atoms with van der Waals surface area (Å²) in [6.45, 7) is 4.18. The number of nitrogens with one attached hydrogen (secondary N) is 2. The van der Waals surface area contributed by atoms with E-state index < -0.39 is 0 Å². The summed E-state index contributed by atoms with van der Waals surface area (Å²) in [6, 6.07) is -0.273. The molecule has 2 saturated heterocycles. The van der Waals surface area contributed by atoms with Gasteiger partial charge in [0.05, 0.1) is 25.2 Å². The minimum absolute atomic E-state index is 0.183. The van der Waals surface area contributed by atoms with Gasteiger partial charge < -0.3 is 14.9 Å². The molecule has 0 bridgehead atoms. The van der Waals surface area contributed by atoms with Gasteiger partial charge >= 0.3 is 5.97 Å². The molecule has 2 heterocycles. The molecule has 0 aromatic rings. The van der Waals surface area contributed by atoms with Gasteiger partial charge in [0, 0.05) is 12.3 Å². The predicted octanol–water partition coefficient (Wildman–Crippen LogP) is 0.728. The third-order valence-electron chi connectivity index (χ3n) is 3.54. The highest BCUT2D eigenvalue weighted by Crippen LogP contribution is 2.36. The van der Waals surface area contributed by atoms with Gasteiger partial charge in [0.1, 0.15) is 6.04 Å². The maximum atomic E-state index is 11.8. The zero-order valence-corrected chi connectivity index (χ0v) is 10.3. The number of ether oxygens (including phenoxy) is 2. The van der Waals surface area contributed by atoms with Crippen LogP contribution in [-0.4, -0.2) is 44.1 Å². The molecule has 2 fully saturated rings. The third kappa shape index (κ3) is 2.50. The monoisotopic (exact) mass is 240 g/mol. The molecule has 0 saturated carbocycles. The van der Waals surface area contributed by atoms with Crippen LogP contribution in [0.2, 0.25) is 0 Å². The first-order chi connectivity index (χ1) is 8.18. The van der Waals surface area contributed by atoms with E-state index >= 15 is 0 Å². The summed E-state index contributed by atoms with van der Waals surface area (Å²) in [6.07, 6.45) is 2.56. The van der Waals surface area contributed by atoms with E-state index in [-0.39, 0.29) is 17.4 Å². The second-order valence-corrected chi connectivity index (χ2v) is 4.91. The Morgan fingerprint density at radius 3 is 3.00 bits per heavy atom. The van der Waals surface area contributed by atoms with E-state index in [1.54, 1.807) is 0 Å². The lowest BCUT2D eigenvalue weighted by Gasteiger charge is -2.46. The number of hydrogen-bond donors (Lipinski definition) is 2. The highest BCUT2D eigenvalue weighted by Gasteiger charge is 2.48. The number of esters is 1. The van der Waals surface area contributed by atoms with Crippen molar-refractivity contribution in [3.8, 4) is 0 Å². The molecule has 0 amide bonds. The Kier molecular flexibility index (Phi) is 3.79. The molecule has 96 valence electrons. The highest BCUT2D eigenvalue weighted by atomic mass is 16.5. The summed E-state index contributed by atoms with van der Waals surface area (Å²) in [5, 5.41) is 11.0. The SMILES string of the molecule is CCCCOC(=O)[C@@H]1CC2(COC2)C(=N)CN1. The molecule has 0 aromatic carbocycles. The first-order valence-corrected chi connectivity index (χ1v) is 6.23. The van der Waals surface area contributed by atoms with Crippen LogP contribution < -0.4 is 5.32 Å². The molecule has 5 heteroatoms. The fraction of sp³-hybridized carbons (Fsp3) is 0.833. The lowest BCUT2D eigenvalue weighted by molar-refractivity contribution is -0.150. The molecule has 0 radical (unpaired) electrons. The Hall–Kier alpha value is -0.940. The number of unbranched alkanes of at least 4 members (excludes halogenated alkanes) is 1. The van der Waals surface area contributed by atoms with Crippen LogP contribution in [0.25, 0.3) is 0 Å². The highest BCUT2D eigenvalue weighted by molar-refractivity contribution is 5.93. The van der Waals surface area contributed by atoms with Crippen molar-refractivity contribution >= 4 is 11.7 Å². The number of hydrogen-bond acceptors (Lipinski definition) is 5. The van der Waals surface area contributed by atoms with Crippen molar-refractivity contribution in [3.63, 3.8) is 0 Å². The van der Waals surface area contributed by atoms with Gasteiger partial charge in [-0.3, -0.25) is 10.1 Å². The van der Waals surface area contributed by atoms with E-state index in [9.17, 15) is 4.79 Å². The third-order valence-corrected chi connectivity index (χ3v) is 3.54. The molecule has 1 atom stereocenters. The van der Waals surface area contributed by atoms with Gasteiger partial charge in [0.2, 0.25) is 0 Å². The van der Waals surface area contributed by atoms with E-state index in [0.29, 0.717) is 38.5 Å².